The Morgan fingerprint density at radius 2 is 0.935 bits per heavy atom. The van der Waals surface area contributed by atoms with E-state index in [9.17, 15) is 0 Å². The van der Waals surface area contributed by atoms with Crippen molar-refractivity contribution in [3.05, 3.63) is 46.8 Å². The van der Waals surface area contributed by atoms with Crippen LogP contribution < -0.4 is 24.8 Å². The van der Waals surface area contributed by atoms with Crippen molar-refractivity contribution in [1.82, 2.24) is 9.13 Å². The summed E-state index contributed by atoms with van der Waals surface area (Å²) >= 11 is 0. The van der Waals surface area contributed by atoms with E-state index >= 15 is 0 Å². The Bertz CT molecular complexity index is 592. The number of allylic oxidation sites excluding steroid dienone is 8. The normalized spacial score (nSPS) is 21.7. The van der Waals surface area contributed by atoms with E-state index in [1.54, 1.807) is 0 Å². The topological polar surface area (TPSA) is 6.48 Å². The molecule has 4 aliphatic rings. The van der Waals surface area contributed by atoms with E-state index < -0.39 is 16.5 Å². The third-order valence-electron chi connectivity index (χ3n) is 7.00. The Hall–Kier alpha value is 0.777. The number of halogens is 2. The molecular formula is C24H40Cl2N2Si2Zr. The first-order valence-corrected chi connectivity index (χ1v) is 17.4. The SMILES string of the molecule is C[Si](C)(C1=[C-]CC=C1)N1CCCCC1.C[Si](C)(C1=[C-]CC=C1)N1CCCCC1.[Cl-].[Cl-].[Zr+4]. The van der Waals surface area contributed by atoms with Crippen LogP contribution in [0, 0.1) is 12.2 Å². The van der Waals surface area contributed by atoms with Crippen LogP contribution in [0.25, 0.3) is 0 Å². The Morgan fingerprint density at radius 3 is 1.19 bits per heavy atom. The molecule has 2 heterocycles. The van der Waals surface area contributed by atoms with Crippen LogP contribution in [0.15, 0.2) is 34.7 Å². The van der Waals surface area contributed by atoms with Crippen molar-refractivity contribution in [3.8, 4) is 0 Å². The van der Waals surface area contributed by atoms with E-state index in [1.165, 1.54) is 75.1 Å². The van der Waals surface area contributed by atoms with E-state index in [0.717, 1.165) is 12.8 Å². The Labute approximate surface area is 225 Å². The molecule has 0 aromatic carbocycles. The monoisotopic (exact) mass is 572 g/mol. The van der Waals surface area contributed by atoms with Gasteiger partial charge in [0.1, 0.15) is 16.5 Å². The number of hydrogen-bond donors (Lipinski definition) is 0. The van der Waals surface area contributed by atoms with Gasteiger partial charge in [0, 0.05) is 0 Å². The molecule has 2 aliphatic heterocycles. The molecule has 0 saturated carbocycles. The van der Waals surface area contributed by atoms with Crippen molar-refractivity contribution in [2.45, 2.75) is 77.6 Å². The molecule has 2 saturated heterocycles. The van der Waals surface area contributed by atoms with E-state index in [4.69, 9.17) is 0 Å². The van der Waals surface area contributed by atoms with Crippen molar-refractivity contribution in [1.29, 1.82) is 0 Å². The third kappa shape index (κ3) is 8.49. The zero-order chi connectivity index (χ0) is 20.0. The minimum Gasteiger partial charge on any atom is -1.00 e. The summed E-state index contributed by atoms with van der Waals surface area (Å²) in [6.45, 7) is 15.1. The average Bonchev–Trinajstić information content (AvgIpc) is 3.44. The number of nitrogens with zero attached hydrogens (tertiary/aromatic N) is 2. The Balaban J connectivity index is 0.000000529. The van der Waals surface area contributed by atoms with E-state index in [1.807, 2.05) is 0 Å². The molecule has 2 nitrogen and oxygen atoms in total. The second-order valence-corrected chi connectivity index (χ2v) is 18.2. The van der Waals surface area contributed by atoms with E-state index in [-0.39, 0.29) is 51.0 Å². The molecule has 4 rings (SSSR count). The molecule has 0 unspecified atom stereocenters. The molecule has 0 radical (unpaired) electrons. The summed E-state index contributed by atoms with van der Waals surface area (Å²) < 4.78 is 5.49. The third-order valence-corrected chi connectivity index (χ3v) is 14.4. The first-order valence-electron chi connectivity index (χ1n) is 11.5. The fourth-order valence-corrected chi connectivity index (χ4v) is 10.6. The number of rotatable bonds is 4. The first-order chi connectivity index (χ1) is 13.4. The molecule has 0 bridgehead atoms. The standard InChI is InChI=1S/2C12H20NSi.2ClH.Zr/c2*1-14(2,12-8-4-5-9-12)13-10-6-3-7-11-13;;;/h2*4,8H,3,5-7,10-11H2,1-2H3;2*1H;/q2*-1;;;+4/p-2. The maximum absolute atomic E-state index is 3.52. The van der Waals surface area contributed by atoms with Crippen LogP contribution in [0.3, 0.4) is 0 Å². The number of hydrogen-bond acceptors (Lipinski definition) is 2. The Morgan fingerprint density at radius 1 is 0.613 bits per heavy atom. The fraction of sp³-hybridized carbons (Fsp3) is 0.667. The van der Waals surface area contributed by atoms with Gasteiger partial charge in [0.25, 0.3) is 0 Å². The minimum absolute atomic E-state index is 0. The van der Waals surface area contributed by atoms with Crippen LogP contribution in [-0.2, 0) is 26.2 Å². The van der Waals surface area contributed by atoms with Gasteiger partial charge in [-0.1, -0.05) is 39.0 Å². The van der Waals surface area contributed by atoms with Crippen LogP contribution in [-0.4, -0.2) is 51.8 Å². The van der Waals surface area contributed by atoms with Gasteiger partial charge in [-0.15, -0.1) is 12.8 Å². The zero-order valence-corrected chi connectivity index (χ0v) is 25.9. The van der Waals surface area contributed by atoms with Gasteiger partial charge >= 0.3 is 26.2 Å². The minimum atomic E-state index is -1.32. The summed E-state index contributed by atoms with van der Waals surface area (Å²) in [4.78, 5) is 0. The predicted octanol–water partition coefficient (Wildman–Crippen LogP) is -0.182. The van der Waals surface area contributed by atoms with Gasteiger partial charge in [0.15, 0.2) is 0 Å². The summed E-state index contributed by atoms with van der Waals surface area (Å²) in [5, 5.41) is 3.05. The molecule has 31 heavy (non-hydrogen) atoms. The maximum atomic E-state index is 3.52. The van der Waals surface area contributed by atoms with Gasteiger partial charge in [-0.25, -0.2) is 22.5 Å². The van der Waals surface area contributed by atoms with Gasteiger partial charge in [-0.05, 0) is 51.9 Å². The number of piperidine rings is 2. The molecule has 2 aliphatic carbocycles. The summed E-state index contributed by atoms with van der Waals surface area (Å²) in [5.74, 6) is 0. The molecule has 2 fully saturated rings. The molecule has 0 aromatic rings. The van der Waals surface area contributed by atoms with Crippen molar-refractivity contribution in [2.75, 3.05) is 26.2 Å². The summed E-state index contributed by atoms with van der Waals surface area (Å²) in [7, 11) is -2.63. The summed E-state index contributed by atoms with van der Waals surface area (Å²) in [6.07, 6.45) is 26.7. The molecule has 0 amide bonds. The van der Waals surface area contributed by atoms with Crippen molar-refractivity contribution < 1.29 is 51.0 Å². The zero-order valence-electron chi connectivity index (χ0n) is 19.9. The van der Waals surface area contributed by atoms with Crippen LogP contribution in [0.2, 0.25) is 26.2 Å². The molecule has 0 aromatic heterocycles. The van der Waals surface area contributed by atoms with E-state index in [0.29, 0.717) is 0 Å². The molecule has 172 valence electrons. The van der Waals surface area contributed by atoms with Gasteiger partial charge in [0.05, 0.1) is 0 Å². The molecule has 0 spiro atoms. The van der Waals surface area contributed by atoms with Crippen LogP contribution in [0.4, 0.5) is 0 Å². The van der Waals surface area contributed by atoms with Crippen LogP contribution in [0.5, 0.6) is 0 Å². The van der Waals surface area contributed by atoms with Gasteiger partial charge < -0.3 is 33.9 Å². The van der Waals surface area contributed by atoms with Crippen molar-refractivity contribution >= 4 is 16.5 Å². The fourth-order valence-electron chi connectivity index (χ4n) is 4.90. The van der Waals surface area contributed by atoms with Gasteiger partial charge in [0.2, 0.25) is 0 Å². The molecule has 0 atom stereocenters. The smallest absolute Gasteiger partial charge is 1.00 e. The second-order valence-electron chi connectivity index (χ2n) is 9.61. The molecule has 7 heteroatoms. The molecule has 0 N–H and O–H groups in total. The molecular weight excluding hydrogens is 535 g/mol. The summed E-state index contributed by atoms with van der Waals surface area (Å²) in [6, 6.07) is 0. The van der Waals surface area contributed by atoms with E-state index in [2.05, 4.69) is 71.8 Å². The Kier molecular flexibility index (Phi) is 15.3. The van der Waals surface area contributed by atoms with Crippen molar-refractivity contribution in [3.63, 3.8) is 0 Å². The maximum Gasteiger partial charge on any atom is 4.00 e. The second kappa shape index (κ2) is 14.9. The summed E-state index contributed by atoms with van der Waals surface area (Å²) in [5.41, 5.74) is 0. The van der Waals surface area contributed by atoms with Gasteiger partial charge in [-0.2, -0.15) is 12.2 Å². The first kappa shape index (κ1) is 31.8. The van der Waals surface area contributed by atoms with Crippen molar-refractivity contribution in [2.24, 2.45) is 0 Å². The quantitative estimate of drug-likeness (QED) is 0.340. The average molecular weight is 575 g/mol. The van der Waals surface area contributed by atoms with Crippen LogP contribution >= 0.6 is 0 Å². The predicted molar refractivity (Wildman–Crippen MR) is 127 cm³/mol. The van der Waals surface area contributed by atoms with Crippen LogP contribution in [0.1, 0.15) is 51.4 Å². The largest absolute Gasteiger partial charge is 4.00 e. The van der Waals surface area contributed by atoms with Gasteiger partial charge in [-0.3, -0.25) is 12.2 Å².